The number of rotatable bonds is 6. The summed E-state index contributed by atoms with van der Waals surface area (Å²) in [6, 6.07) is 2.45. The smallest absolute Gasteiger partial charge is 0.264 e. The first-order chi connectivity index (χ1) is 9.63. The van der Waals surface area contributed by atoms with Gasteiger partial charge in [-0.05, 0) is 57.6 Å². The van der Waals surface area contributed by atoms with Gasteiger partial charge in [-0.3, -0.25) is 4.79 Å². The summed E-state index contributed by atoms with van der Waals surface area (Å²) >= 11 is 1.74. The molecular formula is C17H27NOS. The zero-order valence-electron chi connectivity index (χ0n) is 13.1. The van der Waals surface area contributed by atoms with Gasteiger partial charge in [0.2, 0.25) is 0 Å². The Kier molecular flexibility index (Phi) is 5.64. The van der Waals surface area contributed by atoms with Crippen LogP contribution in [0.4, 0.5) is 0 Å². The van der Waals surface area contributed by atoms with Gasteiger partial charge < -0.3 is 4.90 Å². The first kappa shape index (κ1) is 15.6. The van der Waals surface area contributed by atoms with E-state index < -0.39 is 0 Å². The number of hydrogen-bond acceptors (Lipinski definition) is 2. The van der Waals surface area contributed by atoms with Crippen LogP contribution in [0, 0.1) is 0 Å². The molecule has 1 aliphatic carbocycles. The Bertz CT molecular complexity index is 426. The van der Waals surface area contributed by atoms with Crippen molar-refractivity contribution in [3.8, 4) is 0 Å². The second-order valence-corrected chi connectivity index (χ2v) is 7.20. The van der Waals surface area contributed by atoms with Gasteiger partial charge in [-0.25, -0.2) is 0 Å². The van der Waals surface area contributed by atoms with Crippen LogP contribution in [-0.4, -0.2) is 23.4 Å². The summed E-state index contributed by atoms with van der Waals surface area (Å²) in [6.45, 7) is 7.34. The van der Waals surface area contributed by atoms with Crippen LogP contribution in [0.15, 0.2) is 6.07 Å². The molecule has 112 valence electrons. The lowest BCUT2D eigenvalue weighted by Crippen LogP contribution is -2.37. The minimum absolute atomic E-state index is 0.246. The van der Waals surface area contributed by atoms with Crippen molar-refractivity contribution in [2.75, 3.05) is 6.54 Å². The summed E-state index contributed by atoms with van der Waals surface area (Å²) in [5.41, 5.74) is 1.43. The molecule has 1 heterocycles. The van der Waals surface area contributed by atoms with E-state index in [0.29, 0.717) is 6.04 Å². The molecule has 1 aliphatic rings. The van der Waals surface area contributed by atoms with E-state index in [1.54, 1.807) is 11.3 Å². The Hall–Kier alpha value is -0.830. The highest BCUT2D eigenvalue weighted by atomic mass is 32.1. The lowest BCUT2D eigenvalue weighted by molar-refractivity contribution is 0.0707. The lowest BCUT2D eigenvalue weighted by atomic mass is 9.99. The third-order valence-corrected chi connectivity index (χ3v) is 5.32. The van der Waals surface area contributed by atoms with Gasteiger partial charge in [0, 0.05) is 17.5 Å². The summed E-state index contributed by atoms with van der Waals surface area (Å²) in [4.78, 5) is 17.2. The summed E-state index contributed by atoms with van der Waals surface area (Å²) in [5.74, 6) is 0.246. The monoisotopic (exact) mass is 293 g/mol. The van der Waals surface area contributed by atoms with Crippen molar-refractivity contribution in [1.29, 1.82) is 0 Å². The van der Waals surface area contributed by atoms with E-state index in [1.807, 2.05) is 4.90 Å². The van der Waals surface area contributed by atoms with E-state index >= 15 is 0 Å². The molecular weight excluding hydrogens is 266 g/mol. The molecule has 1 aromatic rings. The van der Waals surface area contributed by atoms with Crippen LogP contribution < -0.4 is 0 Å². The predicted molar refractivity (Wildman–Crippen MR) is 86.7 cm³/mol. The molecule has 0 fully saturated rings. The molecule has 0 aliphatic heterocycles. The summed E-state index contributed by atoms with van der Waals surface area (Å²) in [6.07, 6.45) is 8.42. The number of thiophene rings is 1. The molecule has 0 radical (unpaired) electrons. The van der Waals surface area contributed by atoms with Crippen molar-refractivity contribution in [3.63, 3.8) is 0 Å². The average molecular weight is 293 g/mol. The van der Waals surface area contributed by atoms with Crippen LogP contribution in [0.3, 0.4) is 0 Å². The number of fused-ring (bicyclic) bond motifs is 1. The summed E-state index contributed by atoms with van der Waals surface area (Å²) in [5, 5.41) is 0. The standard InChI is InChI=1S/C17H27NOS/c1-4-5-8-11-18(13(2)3)17(19)16-12-14-9-6-7-10-15(14)20-16/h12-13H,4-11H2,1-3H3. The number of nitrogens with zero attached hydrogens (tertiary/aromatic N) is 1. The number of amides is 1. The second kappa shape index (κ2) is 7.26. The van der Waals surface area contributed by atoms with E-state index in [1.165, 1.54) is 42.5 Å². The van der Waals surface area contributed by atoms with E-state index in [2.05, 4.69) is 26.8 Å². The Balaban J connectivity index is 2.08. The van der Waals surface area contributed by atoms with Gasteiger partial charge >= 0.3 is 0 Å². The van der Waals surface area contributed by atoms with Crippen molar-refractivity contribution in [1.82, 2.24) is 4.90 Å². The minimum Gasteiger partial charge on any atom is -0.336 e. The highest BCUT2D eigenvalue weighted by Crippen LogP contribution is 2.30. The maximum Gasteiger partial charge on any atom is 0.264 e. The van der Waals surface area contributed by atoms with Crippen molar-refractivity contribution >= 4 is 17.2 Å². The molecule has 0 aromatic carbocycles. The average Bonchev–Trinajstić information content (AvgIpc) is 2.86. The fourth-order valence-electron chi connectivity index (χ4n) is 2.86. The van der Waals surface area contributed by atoms with Crippen molar-refractivity contribution < 1.29 is 4.79 Å². The quantitative estimate of drug-likeness (QED) is 0.698. The topological polar surface area (TPSA) is 20.3 Å². The first-order valence-corrected chi connectivity index (χ1v) is 8.87. The van der Waals surface area contributed by atoms with Crippen molar-refractivity contribution in [2.45, 2.75) is 71.8 Å². The number of carbonyl (C=O) groups is 1. The highest BCUT2D eigenvalue weighted by molar-refractivity contribution is 7.14. The molecule has 0 unspecified atom stereocenters. The molecule has 2 nitrogen and oxygen atoms in total. The van der Waals surface area contributed by atoms with E-state index in [4.69, 9.17) is 0 Å². The lowest BCUT2D eigenvalue weighted by Gasteiger charge is -2.26. The Morgan fingerprint density at radius 2 is 2.05 bits per heavy atom. The molecule has 0 saturated carbocycles. The maximum absolute atomic E-state index is 12.7. The number of aryl methyl sites for hydroxylation is 2. The van der Waals surface area contributed by atoms with E-state index in [0.717, 1.165) is 24.3 Å². The van der Waals surface area contributed by atoms with Gasteiger partial charge in [0.15, 0.2) is 0 Å². The van der Waals surface area contributed by atoms with Gasteiger partial charge in [0.25, 0.3) is 5.91 Å². The summed E-state index contributed by atoms with van der Waals surface area (Å²) < 4.78 is 0. The molecule has 0 bridgehead atoms. The largest absolute Gasteiger partial charge is 0.336 e. The summed E-state index contributed by atoms with van der Waals surface area (Å²) in [7, 11) is 0. The molecule has 1 aromatic heterocycles. The fraction of sp³-hybridized carbons (Fsp3) is 0.706. The normalized spacial score (nSPS) is 14.4. The zero-order valence-corrected chi connectivity index (χ0v) is 13.9. The molecule has 1 amide bonds. The van der Waals surface area contributed by atoms with E-state index in [9.17, 15) is 4.79 Å². The van der Waals surface area contributed by atoms with Gasteiger partial charge in [-0.1, -0.05) is 19.8 Å². The van der Waals surface area contributed by atoms with Gasteiger partial charge in [-0.2, -0.15) is 0 Å². The van der Waals surface area contributed by atoms with Crippen LogP contribution in [0.5, 0.6) is 0 Å². The zero-order chi connectivity index (χ0) is 14.5. The van der Waals surface area contributed by atoms with Crippen LogP contribution in [0.1, 0.15) is 73.0 Å². The van der Waals surface area contributed by atoms with Crippen LogP contribution >= 0.6 is 11.3 Å². The molecule has 20 heavy (non-hydrogen) atoms. The number of unbranched alkanes of at least 4 members (excludes halogenated alkanes) is 2. The van der Waals surface area contributed by atoms with Crippen LogP contribution in [-0.2, 0) is 12.8 Å². The molecule has 0 N–H and O–H groups in total. The van der Waals surface area contributed by atoms with Crippen LogP contribution in [0.2, 0.25) is 0 Å². The molecule has 0 spiro atoms. The molecule has 2 rings (SSSR count). The second-order valence-electron chi connectivity index (χ2n) is 6.07. The Labute approximate surface area is 127 Å². The number of hydrogen-bond donors (Lipinski definition) is 0. The third-order valence-electron chi connectivity index (χ3n) is 4.09. The molecule has 0 saturated heterocycles. The predicted octanol–water partition coefficient (Wildman–Crippen LogP) is 4.67. The number of carbonyl (C=O) groups excluding carboxylic acids is 1. The first-order valence-electron chi connectivity index (χ1n) is 8.06. The minimum atomic E-state index is 0.246. The van der Waals surface area contributed by atoms with Crippen molar-refractivity contribution in [3.05, 3.63) is 21.4 Å². The highest BCUT2D eigenvalue weighted by Gasteiger charge is 2.22. The fourth-order valence-corrected chi connectivity index (χ4v) is 4.07. The molecule has 3 heteroatoms. The van der Waals surface area contributed by atoms with Gasteiger partial charge in [0.05, 0.1) is 4.88 Å². The van der Waals surface area contributed by atoms with E-state index in [-0.39, 0.29) is 5.91 Å². The van der Waals surface area contributed by atoms with Gasteiger partial charge in [0.1, 0.15) is 0 Å². The molecule has 0 atom stereocenters. The Morgan fingerprint density at radius 1 is 1.30 bits per heavy atom. The van der Waals surface area contributed by atoms with Gasteiger partial charge in [-0.15, -0.1) is 11.3 Å². The SMILES string of the molecule is CCCCCN(C(=O)c1cc2c(s1)CCCC2)C(C)C. The Morgan fingerprint density at radius 3 is 2.70 bits per heavy atom. The third kappa shape index (κ3) is 3.63. The van der Waals surface area contributed by atoms with Crippen LogP contribution in [0.25, 0.3) is 0 Å². The maximum atomic E-state index is 12.7. The van der Waals surface area contributed by atoms with Crippen molar-refractivity contribution in [2.24, 2.45) is 0 Å².